The van der Waals surface area contributed by atoms with E-state index in [1.165, 1.54) is 31.7 Å². The van der Waals surface area contributed by atoms with E-state index >= 15 is 0 Å². The van der Waals surface area contributed by atoms with E-state index in [-0.39, 0.29) is 47.9 Å². The maximum atomic E-state index is 14.4. The maximum absolute atomic E-state index is 14.4. The van der Waals surface area contributed by atoms with E-state index in [2.05, 4.69) is 36.6 Å². The second-order valence-electron chi connectivity index (χ2n) is 17.9. The molecule has 14 nitrogen and oxygen atoms in total. The summed E-state index contributed by atoms with van der Waals surface area (Å²) in [5.74, 6) is -2.07. The number of likely N-dealkylation sites (N-methyl/N-ethyl adjacent to an activating group) is 2. The summed E-state index contributed by atoms with van der Waals surface area (Å²) in [5, 5.41) is 17.1. The lowest BCUT2D eigenvalue weighted by atomic mass is 9.89. The molecule has 11 atom stereocenters. The van der Waals surface area contributed by atoms with Gasteiger partial charge in [-0.25, -0.2) is 4.79 Å². The maximum Gasteiger partial charge on any atom is 0.409 e. The molecule has 0 spiro atoms. The second kappa shape index (κ2) is 25.4. The highest BCUT2D eigenvalue weighted by Gasteiger charge is 2.43. The monoisotopic (exact) mass is 860 g/mol. The van der Waals surface area contributed by atoms with Crippen LogP contribution >= 0.6 is 0 Å². The summed E-state index contributed by atoms with van der Waals surface area (Å²) in [6.07, 6.45) is 2.45. The number of carbonyl (C=O) groups is 5. The van der Waals surface area contributed by atoms with E-state index in [0.717, 1.165) is 31.2 Å². The van der Waals surface area contributed by atoms with Crippen LogP contribution < -0.4 is 10.6 Å². The van der Waals surface area contributed by atoms with Crippen molar-refractivity contribution in [2.75, 3.05) is 42.0 Å². The van der Waals surface area contributed by atoms with Crippen molar-refractivity contribution in [2.45, 2.75) is 169 Å². The van der Waals surface area contributed by atoms with Gasteiger partial charge in [0, 0.05) is 34.9 Å². The highest BCUT2D eigenvalue weighted by atomic mass is 16.5. The van der Waals surface area contributed by atoms with E-state index in [0.29, 0.717) is 25.3 Å². The zero-order valence-corrected chi connectivity index (χ0v) is 40.0. The van der Waals surface area contributed by atoms with Crippen molar-refractivity contribution in [3.63, 3.8) is 0 Å². The Bertz CT molecular complexity index is 1540. The zero-order chi connectivity index (χ0) is 46.3. The lowest BCUT2D eigenvalue weighted by molar-refractivity contribution is -0.148. The number of amides is 5. The Kier molecular flexibility index (Phi) is 22.2. The van der Waals surface area contributed by atoms with Gasteiger partial charge in [0.05, 0.1) is 55.9 Å². The number of likely N-dealkylation sites (tertiary alicyclic amines) is 1. The normalized spacial score (nSPS) is 19.2. The number of aliphatic hydroxyl groups excluding tert-OH is 1. The number of nitrogens with zero attached hydrogens (tertiary/aromatic N) is 3. The third kappa shape index (κ3) is 13.9. The van der Waals surface area contributed by atoms with Crippen molar-refractivity contribution in [1.82, 2.24) is 25.3 Å². The van der Waals surface area contributed by atoms with Gasteiger partial charge in [-0.05, 0) is 67.4 Å². The molecule has 0 saturated carbocycles. The van der Waals surface area contributed by atoms with Gasteiger partial charge in [-0.1, -0.05) is 99.4 Å². The average Bonchev–Trinajstić information content (AvgIpc) is 3.73. The van der Waals surface area contributed by atoms with Gasteiger partial charge in [0.15, 0.2) is 0 Å². The van der Waals surface area contributed by atoms with Crippen LogP contribution in [0.2, 0.25) is 0 Å². The van der Waals surface area contributed by atoms with Crippen LogP contribution in [0.25, 0.3) is 0 Å². The topological polar surface area (TPSA) is 167 Å². The highest BCUT2D eigenvalue weighted by molar-refractivity contribution is 5.91. The van der Waals surface area contributed by atoms with Gasteiger partial charge in [-0.3, -0.25) is 24.1 Å². The number of nitrogens with one attached hydrogen (secondary N) is 2. The summed E-state index contributed by atoms with van der Waals surface area (Å²) >= 11 is 0. The molecular formula is C47H81N5O9. The molecule has 2 rings (SSSR count). The molecular weight excluding hydrogens is 779 g/mol. The fraction of sp³-hybridized carbons (Fsp3) is 0.766. The zero-order valence-electron chi connectivity index (χ0n) is 40.0. The lowest BCUT2D eigenvalue weighted by Crippen LogP contribution is -2.60. The third-order valence-corrected chi connectivity index (χ3v) is 13.0. The van der Waals surface area contributed by atoms with E-state index in [9.17, 15) is 29.1 Å². The molecule has 1 aliphatic rings. The van der Waals surface area contributed by atoms with Crippen molar-refractivity contribution in [1.29, 1.82) is 0 Å². The van der Waals surface area contributed by atoms with Crippen LogP contribution in [0.1, 0.15) is 137 Å². The van der Waals surface area contributed by atoms with Crippen molar-refractivity contribution in [3.05, 3.63) is 35.4 Å². The highest BCUT2D eigenvalue weighted by Crippen LogP contribution is 2.31. The largest absolute Gasteiger partial charge is 0.453 e. The minimum Gasteiger partial charge on any atom is -0.453 e. The van der Waals surface area contributed by atoms with Gasteiger partial charge < -0.3 is 39.8 Å². The van der Waals surface area contributed by atoms with Crippen LogP contribution in [0.4, 0.5) is 4.79 Å². The van der Waals surface area contributed by atoms with Crippen LogP contribution in [0, 0.1) is 23.7 Å². The number of rotatable bonds is 24. The number of ether oxygens (including phenoxy) is 3. The molecule has 1 unspecified atom stereocenters. The Hall–Kier alpha value is -3.75. The van der Waals surface area contributed by atoms with Crippen LogP contribution in [-0.4, -0.2) is 134 Å². The van der Waals surface area contributed by atoms with Crippen molar-refractivity contribution >= 4 is 29.7 Å². The summed E-state index contributed by atoms with van der Waals surface area (Å²) in [6, 6.07) is 4.75. The summed E-state index contributed by atoms with van der Waals surface area (Å²) in [7, 11) is 7.51. The number of hydrogen-bond acceptors (Lipinski definition) is 9. The Morgan fingerprint density at radius 1 is 0.820 bits per heavy atom. The Morgan fingerprint density at radius 3 is 1.92 bits per heavy atom. The minimum absolute atomic E-state index is 0.0197. The van der Waals surface area contributed by atoms with E-state index in [4.69, 9.17) is 14.2 Å². The predicted octanol–water partition coefficient (Wildman–Crippen LogP) is 6.30. The van der Waals surface area contributed by atoms with Gasteiger partial charge in [-0.2, -0.15) is 0 Å². The molecule has 0 radical (unpaired) electrons. The first kappa shape index (κ1) is 53.4. The Morgan fingerprint density at radius 2 is 1.43 bits per heavy atom. The quantitative estimate of drug-likeness (QED) is 0.108. The summed E-state index contributed by atoms with van der Waals surface area (Å²) in [4.78, 5) is 73.1. The van der Waals surface area contributed by atoms with Gasteiger partial charge in [0.2, 0.25) is 23.6 Å². The molecule has 348 valence electrons. The first-order valence-electron chi connectivity index (χ1n) is 22.6. The Balaban J connectivity index is 2.25. The molecule has 0 aromatic heterocycles. The van der Waals surface area contributed by atoms with Crippen molar-refractivity contribution in [3.8, 4) is 0 Å². The van der Waals surface area contributed by atoms with Gasteiger partial charge in [-0.15, -0.1) is 0 Å². The summed E-state index contributed by atoms with van der Waals surface area (Å²) in [6.45, 7) is 19.8. The van der Waals surface area contributed by atoms with Gasteiger partial charge in [0.25, 0.3) is 0 Å². The van der Waals surface area contributed by atoms with Crippen LogP contribution in [0.5, 0.6) is 0 Å². The lowest BCUT2D eigenvalue weighted by Gasteiger charge is -2.41. The minimum atomic E-state index is -0.920. The van der Waals surface area contributed by atoms with Gasteiger partial charge >= 0.3 is 6.09 Å². The third-order valence-electron chi connectivity index (χ3n) is 13.0. The molecule has 5 amide bonds. The molecule has 1 aromatic carbocycles. The number of carbonyl (C=O) groups excluding carboxylic acids is 5. The van der Waals surface area contributed by atoms with Crippen molar-refractivity contribution < 1.29 is 43.3 Å². The fourth-order valence-corrected chi connectivity index (χ4v) is 9.10. The smallest absolute Gasteiger partial charge is 0.409 e. The molecule has 61 heavy (non-hydrogen) atoms. The van der Waals surface area contributed by atoms with E-state index in [1.807, 2.05) is 53.7 Å². The van der Waals surface area contributed by atoms with Crippen LogP contribution in [0.15, 0.2) is 24.3 Å². The molecule has 1 fully saturated rings. The molecule has 1 saturated heterocycles. The molecule has 0 bridgehead atoms. The Labute approximate surface area is 367 Å². The predicted molar refractivity (Wildman–Crippen MR) is 239 cm³/mol. The molecule has 1 heterocycles. The summed E-state index contributed by atoms with van der Waals surface area (Å²) < 4.78 is 16.9. The van der Waals surface area contributed by atoms with Gasteiger partial charge in [0.1, 0.15) is 12.1 Å². The molecule has 14 heteroatoms. The number of hydrogen-bond donors (Lipinski definition) is 3. The first-order chi connectivity index (χ1) is 28.8. The molecule has 1 aliphatic heterocycles. The first-order valence-corrected chi connectivity index (χ1v) is 22.6. The number of methoxy groups -OCH3 is 3. The molecule has 0 aliphatic carbocycles. The van der Waals surface area contributed by atoms with E-state index < -0.39 is 60.4 Å². The van der Waals surface area contributed by atoms with Crippen molar-refractivity contribution in [2.24, 2.45) is 23.7 Å². The number of benzene rings is 1. The standard InChI is InChI=1S/C47H81N5O9/c1-16-20-33(18-3)34-22-24-35(25-23-34)42(54)32(10)48-44(55)31(9)43(60-14)36-21-19-26-52(36)38(53)27-37(59-13)41(30(8)17-2)50(11)46(57)39(28(4)5)49-45(56)40(29(6)7)51(12)47(58)61-15/h22-25,28-33,36-37,39-43,54H,16-21,26-27H2,1-15H3,(H,48,55)(H,49,56)/t30-,31+,32+,33?,36-,37+,39-,40-,41-,42+,43+/m0/s1. The molecule has 1 aromatic rings. The summed E-state index contributed by atoms with van der Waals surface area (Å²) in [5.41, 5.74) is 1.98. The fourth-order valence-electron chi connectivity index (χ4n) is 9.10. The van der Waals surface area contributed by atoms with Crippen LogP contribution in [0.3, 0.4) is 0 Å². The second-order valence-corrected chi connectivity index (χ2v) is 17.9. The SMILES string of the molecule is CCCC(CC)c1ccc([C@H](O)[C@@H](C)NC(=O)[C@H](C)[C@@H](OC)[C@@H]2CCCN2C(=O)C[C@@H](OC)[C@H]([C@@H](C)CC)N(C)C(=O)[C@@H](NC(=O)[C@H](C(C)C)N(C)C(=O)OC)C(C)C)cc1. The molecule has 3 N–H and O–H groups in total. The number of aliphatic hydroxyl groups is 1. The average molecular weight is 860 g/mol. The van der Waals surface area contributed by atoms with Crippen LogP contribution in [-0.2, 0) is 33.4 Å². The van der Waals surface area contributed by atoms with E-state index in [1.54, 1.807) is 37.8 Å².